The summed E-state index contributed by atoms with van der Waals surface area (Å²) in [5.74, 6) is 1.50. The topological polar surface area (TPSA) is 30.5 Å². The van der Waals surface area contributed by atoms with Crippen LogP contribution in [0.3, 0.4) is 0 Å². The van der Waals surface area contributed by atoms with Gasteiger partial charge in [-0.15, -0.1) is 0 Å². The van der Waals surface area contributed by atoms with E-state index >= 15 is 0 Å². The van der Waals surface area contributed by atoms with E-state index in [0.29, 0.717) is 0 Å². The molecule has 0 aromatic heterocycles. The summed E-state index contributed by atoms with van der Waals surface area (Å²) in [6.07, 6.45) is 0.994. The zero-order valence-electron chi connectivity index (χ0n) is 12.6. The van der Waals surface area contributed by atoms with E-state index in [0.717, 1.165) is 40.2 Å². The van der Waals surface area contributed by atoms with Crippen LogP contribution in [0.4, 0.5) is 5.69 Å². The molecule has 3 nitrogen and oxygen atoms in total. The second kappa shape index (κ2) is 7.36. The molecule has 2 aromatic rings. The summed E-state index contributed by atoms with van der Waals surface area (Å²) >= 11 is 3.51. The summed E-state index contributed by atoms with van der Waals surface area (Å²) in [5, 5.41) is 3.48. The molecule has 0 saturated carbocycles. The van der Waals surface area contributed by atoms with Crippen LogP contribution in [0.25, 0.3) is 0 Å². The van der Waals surface area contributed by atoms with Crippen molar-refractivity contribution in [1.29, 1.82) is 0 Å². The maximum absolute atomic E-state index is 5.33. The molecule has 0 spiro atoms. The van der Waals surface area contributed by atoms with Gasteiger partial charge in [-0.2, -0.15) is 0 Å². The minimum Gasteiger partial charge on any atom is -0.493 e. The van der Waals surface area contributed by atoms with Crippen molar-refractivity contribution in [3.63, 3.8) is 0 Å². The molecule has 0 saturated heterocycles. The van der Waals surface area contributed by atoms with Crippen LogP contribution >= 0.6 is 15.9 Å². The first-order valence-corrected chi connectivity index (χ1v) is 7.70. The normalized spacial score (nSPS) is 10.3. The summed E-state index contributed by atoms with van der Waals surface area (Å²) in [7, 11) is 3.30. The van der Waals surface area contributed by atoms with Crippen molar-refractivity contribution >= 4 is 21.6 Å². The molecule has 21 heavy (non-hydrogen) atoms. The van der Waals surface area contributed by atoms with Gasteiger partial charge in [-0.05, 0) is 47.9 Å². The van der Waals surface area contributed by atoms with Crippen LogP contribution < -0.4 is 14.8 Å². The van der Waals surface area contributed by atoms with Gasteiger partial charge in [0.1, 0.15) is 0 Å². The summed E-state index contributed by atoms with van der Waals surface area (Å²) in [6.45, 7) is 2.90. The van der Waals surface area contributed by atoms with Crippen molar-refractivity contribution in [3.8, 4) is 11.5 Å². The monoisotopic (exact) mass is 349 g/mol. The standard InChI is InChI=1S/C17H20BrNO2/c1-4-13-10-14(18)6-7-15(13)19-11-12-5-8-16(20-2)17(9-12)21-3/h5-10,19H,4,11H2,1-3H3. The summed E-state index contributed by atoms with van der Waals surface area (Å²) in [5.41, 5.74) is 3.61. The van der Waals surface area contributed by atoms with Gasteiger partial charge in [-0.25, -0.2) is 0 Å². The number of anilines is 1. The highest BCUT2D eigenvalue weighted by Crippen LogP contribution is 2.28. The lowest BCUT2D eigenvalue weighted by Gasteiger charge is -2.13. The molecular formula is C17H20BrNO2. The average molecular weight is 350 g/mol. The predicted octanol–water partition coefficient (Wildman–Crippen LogP) is 4.64. The van der Waals surface area contributed by atoms with Crippen molar-refractivity contribution in [2.45, 2.75) is 19.9 Å². The third-order valence-electron chi connectivity index (χ3n) is 3.38. The lowest BCUT2D eigenvalue weighted by molar-refractivity contribution is 0.354. The fourth-order valence-corrected chi connectivity index (χ4v) is 2.62. The molecule has 0 bridgehead atoms. The zero-order valence-corrected chi connectivity index (χ0v) is 14.2. The highest BCUT2D eigenvalue weighted by atomic mass is 79.9. The Morgan fingerprint density at radius 3 is 2.43 bits per heavy atom. The number of rotatable bonds is 6. The van der Waals surface area contributed by atoms with Gasteiger partial charge in [0.15, 0.2) is 11.5 Å². The molecule has 0 fully saturated rings. The first kappa shape index (κ1) is 15.7. The molecule has 0 heterocycles. The van der Waals surface area contributed by atoms with E-state index in [1.54, 1.807) is 14.2 Å². The number of aryl methyl sites for hydroxylation is 1. The van der Waals surface area contributed by atoms with Crippen molar-refractivity contribution < 1.29 is 9.47 Å². The Balaban J connectivity index is 2.13. The van der Waals surface area contributed by atoms with Gasteiger partial charge in [-0.1, -0.05) is 28.9 Å². The lowest BCUT2D eigenvalue weighted by Crippen LogP contribution is -2.03. The van der Waals surface area contributed by atoms with Gasteiger partial charge in [0.05, 0.1) is 14.2 Å². The molecular weight excluding hydrogens is 330 g/mol. The zero-order chi connectivity index (χ0) is 15.2. The molecule has 0 aliphatic heterocycles. The molecule has 4 heteroatoms. The second-order valence-corrected chi connectivity index (χ2v) is 5.61. The van der Waals surface area contributed by atoms with E-state index in [2.05, 4.69) is 46.4 Å². The minimum absolute atomic E-state index is 0.745. The summed E-state index contributed by atoms with van der Waals surface area (Å²) in [4.78, 5) is 0. The molecule has 2 aromatic carbocycles. The Kier molecular flexibility index (Phi) is 5.51. The minimum atomic E-state index is 0.745. The van der Waals surface area contributed by atoms with Gasteiger partial charge in [0.2, 0.25) is 0 Å². The van der Waals surface area contributed by atoms with Crippen LogP contribution in [0.1, 0.15) is 18.1 Å². The highest BCUT2D eigenvalue weighted by molar-refractivity contribution is 9.10. The molecule has 0 atom stereocenters. The van der Waals surface area contributed by atoms with Gasteiger partial charge < -0.3 is 14.8 Å². The Bertz CT molecular complexity index is 614. The molecule has 112 valence electrons. The first-order chi connectivity index (χ1) is 10.2. The van der Waals surface area contributed by atoms with E-state index in [-0.39, 0.29) is 0 Å². The molecule has 1 N–H and O–H groups in total. The fourth-order valence-electron chi connectivity index (χ4n) is 2.22. The van der Waals surface area contributed by atoms with Crippen LogP contribution in [-0.4, -0.2) is 14.2 Å². The van der Waals surface area contributed by atoms with Gasteiger partial charge in [0, 0.05) is 16.7 Å². The SMILES string of the molecule is CCc1cc(Br)ccc1NCc1ccc(OC)c(OC)c1. The Labute approximate surface area is 134 Å². The summed E-state index contributed by atoms with van der Waals surface area (Å²) in [6, 6.07) is 12.3. The Morgan fingerprint density at radius 2 is 1.76 bits per heavy atom. The van der Waals surface area contributed by atoms with Gasteiger partial charge in [0.25, 0.3) is 0 Å². The van der Waals surface area contributed by atoms with Crippen molar-refractivity contribution in [2.24, 2.45) is 0 Å². The highest BCUT2D eigenvalue weighted by Gasteiger charge is 2.06. The first-order valence-electron chi connectivity index (χ1n) is 6.91. The number of benzene rings is 2. The largest absolute Gasteiger partial charge is 0.493 e. The quantitative estimate of drug-likeness (QED) is 0.823. The van der Waals surface area contributed by atoms with Crippen LogP contribution in [0, 0.1) is 0 Å². The Hall–Kier alpha value is -1.68. The average Bonchev–Trinajstić information content (AvgIpc) is 2.53. The van der Waals surface area contributed by atoms with Crippen molar-refractivity contribution in [2.75, 3.05) is 19.5 Å². The summed E-state index contributed by atoms with van der Waals surface area (Å²) < 4.78 is 11.7. The molecule has 2 rings (SSSR count). The molecule has 0 amide bonds. The number of halogens is 1. The van der Waals surface area contributed by atoms with Crippen LogP contribution in [-0.2, 0) is 13.0 Å². The molecule has 0 unspecified atom stereocenters. The maximum Gasteiger partial charge on any atom is 0.161 e. The maximum atomic E-state index is 5.33. The number of ether oxygens (including phenoxy) is 2. The predicted molar refractivity (Wildman–Crippen MR) is 90.4 cm³/mol. The number of methoxy groups -OCH3 is 2. The van der Waals surface area contributed by atoms with E-state index in [9.17, 15) is 0 Å². The Morgan fingerprint density at radius 1 is 1.00 bits per heavy atom. The number of hydrogen-bond donors (Lipinski definition) is 1. The van der Waals surface area contributed by atoms with E-state index < -0.39 is 0 Å². The van der Waals surface area contributed by atoms with Gasteiger partial charge in [-0.3, -0.25) is 0 Å². The smallest absolute Gasteiger partial charge is 0.161 e. The molecule has 0 aliphatic rings. The molecule has 0 aliphatic carbocycles. The van der Waals surface area contributed by atoms with Gasteiger partial charge >= 0.3 is 0 Å². The third-order valence-corrected chi connectivity index (χ3v) is 3.87. The fraction of sp³-hybridized carbons (Fsp3) is 0.294. The van der Waals surface area contributed by atoms with Crippen LogP contribution in [0.15, 0.2) is 40.9 Å². The van der Waals surface area contributed by atoms with Crippen molar-refractivity contribution in [1.82, 2.24) is 0 Å². The van der Waals surface area contributed by atoms with Crippen LogP contribution in [0.2, 0.25) is 0 Å². The third kappa shape index (κ3) is 3.91. The van der Waals surface area contributed by atoms with Crippen LogP contribution in [0.5, 0.6) is 11.5 Å². The second-order valence-electron chi connectivity index (χ2n) is 4.70. The van der Waals surface area contributed by atoms with Crippen molar-refractivity contribution in [3.05, 3.63) is 52.0 Å². The number of hydrogen-bond acceptors (Lipinski definition) is 3. The molecule has 0 radical (unpaired) electrons. The lowest BCUT2D eigenvalue weighted by atomic mass is 10.1. The number of nitrogens with one attached hydrogen (secondary N) is 1. The van der Waals surface area contributed by atoms with E-state index in [4.69, 9.17) is 9.47 Å². The van der Waals surface area contributed by atoms with E-state index in [1.165, 1.54) is 5.56 Å². The van der Waals surface area contributed by atoms with E-state index in [1.807, 2.05) is 18.2 Å².